The van der Waals surface area contributed by atoms with Crippen molar-refractivity contribution >= 4 is 8.32 Å². The average Bonchev–Trinajstić information content (AvgIpc) is 2.99. The molecule has 0 aliphatic carbocycles. The Morgan fingerprint density at radius 1 is 1.25 bits per heavy atom. The summed E-state index contributed by atoms with van der Waals surface area (Å²) in [4.78, 5) is 0. The van der Waals surface area contributed by atoms with E-state index in [4.69, 9.17) is 18.6 Å². The third-order valence-electron chi connectivity index (χ3n) is 4.59. The predicted octanol–water partition coefficient (Wildman–Crippen LogP) is 3.32. The van der Waals surface area contributed by atoms with Gasteiger partial charge in [-0.25, -0.2) is 0 Å². The molecule has 2 unspecified atom stereocenters. The fourth-order valence-electron chi connectivity index (χ4n) is 2.19. The Morgan fingerprint density at radius 3 is 2.25 bits per heavy atom. The molecule has 2 fully saturated rings. The van der Waals surface area contributed by atoms with Gasteiger partial charge in [0.1, 0.15) is 6.10 Å². The predicted molar refractivity (Wildman–Crippen MR) is 81.3 cm³/mol. The maximum atomic E-state index is 6.58. The van der Waals surface area contributed by atoms with Crippen molar-refractivity contribution in [3.63, 3.8) is 0 Å². The second-order valence-corrected chi connectivity index (χ2v) is 12.7. The van der Waals surface area contributed by atoms with Crippen molar-refractivity contribution in [1.29, 1.82) is 0 Å². The van der Waals surface area contributed by atoms with E-state index in [1.807, 2.05) is 13.8 Å². The molecule has 0 saturated carbocycles. The fourth-order valence-corrected chi connectivity index (χ4v) is 3.55. The van der Waals surface area contributed by atoms with Crippen molar-refractivity contribution in [2.24, 2.45) is 0 Å². The highest BCUT2D eigenvalue weighted by molar-refractivity contribution is 6.74. The SMILES string of the molecule is CC1(C)OC[C@H](C(CC2CO2)O[Si](C)(C)C(C)(C)C)O1. The quantitative estimate of drug-likeness (QED) is 0.577. The largest absolute Gasteiger partial charge is 0.411 e. The van der Waals surface area contributed by atoms with E-state index < -0.39 is 14.1 Å². The van der Waals surface area contributed by atoms with Gasteiger partial charge in [0.05, 0.1) is 25.4 Å². The van der Waals surface area contributed by atoms with Crippen LogP contribution in [0.5, 0.6) is 0 Å². The van der Waals surface area contributed by atoms with E-state index in [1.54, 1.807) is 0 Å². The van der Waals surface area contributed by atoms with Crippen molar-refractivity contribution in [2.75, 3.05) is 13.2 Å². The van der Waals surface area contributed by atoms with Crippen LogP contribution in [0, 0.1) is 0 Å². The summed E-state index contributed by atoms with van der Waals surface area (Å²) in [5.74, 6) is -0.496. The van der Waals surface area contributed by atoms with E-state index in [1.165, 1.54) is 0 Å². The van der Waals surface area contributed by atoms with Crippen molar-refractivity contribution in [1.82, 2.24) is 0 Å². The lowest BCUT2D eigenvalue weighted by Gasteiger charge is -2.40. The molecule has 0 aromatic carbocycles. The Kier molecular flexibility index (Phi) is 4.40. The number of ether oxygens (including phenoxy) is 3. The molecule has 0 bridgehead atoms. The van der Waals surface area contributed by atoms with Gasteiger partial charge in [0.2, 0.25) is 0 Å². The maximum absolute atomic E-state index is 6.58. The van der Waals surface area contributed by atoms with Gasteiger partial charge in [0, 0.05) is 6.42 Å². The van der Waals surface area contributed by atoms with Crippen LogP contribution >= 0.6 is 0 Å². The molecule has 20 heavy (non-hydrogen) atoms. The van der Waals surface area contributed by atoms with Gasteiger partial charge in [-0.3, -0.25) is 0 Å². The van der Waals surface area contributed by atoms with E-state index in [2.05, 4.69) is 33.9 Å². The van der Waals surface area contributed by atoms with Crippen molar-refractivity contribution in [3.05, 3.63) is 0 Å². The molecule has 0 aromatic heterocycles. The Morgan fingerprint density at radius 2 is 1.85 bits per heavy atom. The highest BCUT2D eigenvalue weighted by Gasteiger charge is 2.46. The topological polar surface area (TPSA) is 40.2 Å². The Balaban J connectivity index is 2.04. The zero-order valence-electron chi connectivity index (χ0n) is 14.0. The van der Waals surface area contributed by atoms with Crippen LogP contribution in [0.3, 0.4) is 0 Å². The van der Waals surface area contributed by atoms with Crippen LogP contribution in [-0.2, 0) is 18.6 Å². The van der Waals surface area contributed by atoms with Crippen LogP contribution in [0.4, 0.5) is 0 Å². The number of hydrogen-bond acceptors (Lipinski definition) is 4. The summed E-state index contributed by atoms with van der Waals surface area (Å²) in [7, 11) is -1.81. The van der Waals surface area contributed by atoms with Crippen LogP contribution < -0.4 is 0 Å². The standard InChI is InChI=1S/C15H30O4Si/c1-14(2,3)20(6,7)19-12(8-11-9-16-11)13-10-17-15(4,5)18-13/h11-13H,8-10H2,1-7H3/t11?,12?,13-/m1/s1. The molecule has 3 atom stereocenters. The summed E-state index contributed by atoms with van der Waals surface area (Å²) in [6.45, 7) is 16.8. The molecule has 2 aliphatic rings. The monoisotopic (exact) mass is 302 g/mol. The number of hydrogen-bond donors (Lipinski definition) is 0. The highest BCUT2D eigenvalue weighted by atomic mass is 28.4. The molecule has 118 valence electrons. The summed E-state index contributed by atoms with van der Waals surface area (Å²) in [6.07, 6.45) is 1.35. The molecule has 2 saturated heterocycles. The number of epoxide rings is 1. The minimum Gasteiger partial charge on any atom is -0.411 e. The van der Waals surface area contributed by atoms with E-state index in [0.717, 1.165) is 13.0 Å². The van der Waals surface area contributed by atoms with Crippen LogP contribution in [0.2, 0.25) is 18.1 Å². The van der Waals surface area contributed by atoms with Gasteiger partial charge in [0.15, 0.2) is 14.1 Å². The van der Waals surface area contributed by atoms with Crippen LogP contribution in [0.15, 0.2) is 0 Å². The van der Waals surface area contributed by atoms with E-state index in [-0.39, 0.29) is 17.2 Å². The van der Waals surface area contributed by atoms with Gasteiger partial charge < -0.3 is 18.6 Å². The first kappa shape index (κ1) is 16.4. The van der Waals surface area contributed by atoms with E-state index >= 15 is 0 Å². The minimum atomic E-state index is -1.81. The van der Waals surface area contributed by atoms with Gasteiger partial charge in [-0.15, -0.1) is 0 Å². The van der Waals surface area contributed by atoms with Gasteiger partial charge in [-0.2, -0.15) is 0 Å². The number of rotatable bonds is 5. The van der Waals surface area contributed by atoms with Crippen LogP contribution in [0.1, 0.15) is 41.0 Å². The van der Waals surface area contributed by atoms with E-state index in [9.17, 15) is 0 Å². The Labute approximate surface area is 124 Å². The second kappa shape index (κ2) is 5.36. The third-order valence-corrected chi connectivity index (χ3v) is 9.10. The molecular weight excluding hydrogens is 272 g/mol. The van der Waals surface area contributed by atoms with Gasteiger partial charge in [0.25, 0.3) is 0 Å². The maximum Gasteiger partial charge on any atom is 0.192 e. The molecule has 2 heterocycles. The smallest absolute Gasteiger partial charge is 0.192 e. The summed E-state index contributed by atoms with van der Waals surface area (Å²) >= 11 is 0. The Bertz CT molecular complexity index is 344. The molecular formula is C15H30O4Si. The molecule has 2 rings (SSSR count). The summed E-state index contributed by atoms with van der Waals surface area (Å²) in [5, 5.41) is 0.199. The molecule has 0 radical (unpaired) electrons. The van der Waals surface area contributed by atoms with Crippen molar-refractivity contribution in [3.8, 4) is 0 Å². The summed E-state index contributed by atoms with van der Waals surface area (Å²) in [5.41, 5.74) is 0. The summed E-state index contributed by atoms with van der Waals surface area (Å²) < 4.78 is 23.7. The van der Waals surface area contributed by atoms with E-state index in [0.29, 0.717) is 12.7 Å². The fraction of sp³-hybridized carbons (Fsp3) is 1.00. The van der Waals surface area contributed by atoms with Gasteiger partial charge in [-0.1, -0.05) is 20.8 Å². The lowest BCUT2D eigenvalue weighted by Crippen LogP contribution is -2.48. The molecule has 4 nitrogen and oxygen atoms in total. The molecule has 2 aliphatic heterocycles. The first-order valence-electron chi connectivity index (χ1n) is 7.61. The third kappa shape index (κ3) is 4.04. The minimum absolute atomic E-state index is 0.0170. The first-order chi connectivity index (χ1) is 9.00. The zero-order chi connectivity index (χ0) is 15.2. The first-order valence-corrected chi connectivity index (χ1v) is 10.5. The van der Waals surface area contributed by atoms with Crippen LogP contribution in [-0.4, -0.2) is 45.6 Å². The molecule has 0 spiro atoms. The molecule has 0 amide bonds. The Hall–Kier alpha value is 0.0569. The average molecular weight is 302 g/mol. The highest BCUT2D eigenvalue weighted by Crippen LogP contribution is 2.40. The lowest BCUT2D eigenvalue weighted by molar-refractivity contribution is -0.150. The molecule has 0 aromatic rings. The molecule has 0 N–H and O–H groups in total. The summed E-state index contributed by atoms with van der Waals surface area (Å²) in [6, 6.07) is 0. The van der Waals surface area contributed by atoms with Crippen molar-refractivity contribution in [2.45, 2.75) is 83.3 Å². The normalized spacial score (nSPS) is 31.4. The lowest BCUT2D eigenvalue weighted by atomic mass is 10.1. The van der Waals surface area contributed by atoms with Crippen molar-refractivity contribution < 1.29 is 18.6 Å². The van der Waals surface area contributed by atoms with Gasteiger partial charge >= 0.3 is 0 Å². The van der Waals surface area contributed by atoms with Crippen LogP contribution in [0.25, 0.3) is 0 Å². The molecule has 5 heteroatoms. The second-order valence-electron chi connectivity index (χ2n) is 7.97. The zero-order valence-corrected chi connectivity index (χ0v) is 15.0. The van der Waals surface area contributed by atoms with Gasteiger partial charge in [-0.05, 0) is 32.0 Å².